The second-order valence-electron chi connectivity index (χ2n) is 18.4. The van der Waals surface area contributed by atoms with Gasteiger partial charge in [0.15, 0.2) is 18.4 Å². The van der Waals surface area contributed by atoms with E-state index in [4.69, 9.17) is 52.1 Å². The van der Waals surface area contributed by atoms with E-state index >= 15 is 0 Å². The van der Waals surface area contributed by atoms with Crippen LogP contribution in [0.4, 0.5) is 0 Å². The van der Waals surface area contributed by atoms with Crippen molar-refractivity contribution in [2.24, 2.45) is 11.8 Å². The second-order valence-corrected chi connectivity index (χ2v) is 18.4. The Balaban J connectivity index is 1.08. The number of aliphatic hydroxyl groups excluding tert-OH is 2. The molecule has 1 aromatic carbocycles. The molecule has 18 atom stereocenters. The van der Waals surface area contributed by atoms with Crippen LogP contribution in [0.3, 0.4) is 0 Å². The number of benzene rings is 1. The van der Waals surface area contributed by atoms with E-state index in [1.165, 1.54) is 0 Å². The van der Waals surface area contributed by atoms with Crippen LogP contribution in [0, 0.1) is 11.8 Å². The molecule has 3 N–H and O–H groups in total. The van der Waals surface area contributed by atoms with Crippen LogP contribution in [0.1, 0.15) is 78.4 Å². The minimum atomic E-state index is -1.86. The number of fused-ring (bicyclic) bond motifs is 2. The zero-order valence-electron chi connectivity index (χ0n) is 37.4. The second kappa shape index (κ2) is 19.5. The number of methoxy groups -OCH3 is 2. The van der Waals surface area contributed by atoms with Gasteiger partial charge in [-0.3, -0.25) is 4.79 Å². The summed E-state index contributed by atoms with van der Waals surface area (Å²) >= 11 is 0. The maximum absolute atomic E-state index is 14.3. The Morgan fingerprint density at radius 3 is 2.35 bits per heavy atom. The Hall–Kier alpha value is -2.87. The maximum atomic E-state index is 14.3. The predicted molar refractivity (Wildman–Crippen MR) is 226 cm³/mol. The highest BCUT2D eigenvalue weighted by atomic mass is 16.7. The lowest BCUT2D eigenvalue weighted by Crippen LogP contribution is -2.58. The van der Waals surface area contributed by atoms with E-state index in [9.17, 15) is 20.1 Å². The number of allylic oxidation sites excluding steroid dienone is 2. The van der Waals surface area contributed by atoms with Gasteiger partial charge in [-0.1, -0.05) is 67.6 Å². The van der Waals surface area contributed by atoms with Crippen LogP contribution in [0.25, 0.3) is 0 Å². The van der Waals surface area contributed by atoms with Crippen LogP contribution in [0.2, 0.25) is 0 Å². The van der Waals surface area contributed by atoms with E-state index in [2.05, 4.69) is 6.08 Å². The number of rotatable bonds is 7. The number of aliphatic hydroxyl groups is 3. The van der Waals surface area contributed by atoms with E-state index in [0.717, 1.165) is 11.1 Å². The summed E-state index contributed by atoms with van der Waals surface area (Å²) < 4.78 is 69.6. The number of esters is 1. The molecule has 1 spiro atoms. The molecule has 5 saturated heterocycles. The topological polar surface area (TPSA) is 179 Å². The molecule has 1 aromatic rings. The van der Waals surface area contributed by atoms with Crippen molar-refractivity contribution >= 4 is 5.97 Å². The van der Waals surface area contributed by atoms with Crippen molar-refractivity contribution in [1.29, 1.82) is 0 Å². The molecular formula is C48H66O15. The summed E-state index contributed by atoms with van der Waals surface area (Å²) in [6.45, 7) is 10.0. The maximum Gasteiger partial charge on any atom is 0.316 e. The predicted octanol–water partition coefficient (Wildman–Crippen LogP) is 4.53. The highest BCUT2D eigenvalue weighted by molar-refractivity contribution is 5.78. The molecule has 0 saturated carbocycles. The van der Waals surface area contributed by atoms with Gasteiger partial charge in [0, 0.05) is 45.8 Å². The fraction of sp³-hybridized carbons (Fsp3) is 0.688. The van der Waals surface area contributed by atoms with E-state index in [1.807, 2.05) is 63.3 Å². The quantitative estimate of drug-likeness (QED) is 0.257. The Labute approximate surface area is 370 Å². The standard InChI is InChI=1S/C48H66O15/c1-26-12-11-15-32-23-56-45-41(49)28(3)18-35(48(32,45)52)46(51)59-34-19-33(62-47(22-34)25-55-24-38(63-47)31-13-9-8-10-14-31)17-16-27(2)43(26)60-40-21-37(54-7)44(30(5)58-40)61-39-20-36(53-6)42(50)29(4)57-39/h8-16,18,26,29-30,33-45,49-50,52H,17,19-25H2,1-7H3/b12-11+,27-16+,32-15+/t26-,29-,30-,33+,34-,35-,36-,37-,38-,39-,40-,41+,42-,43-,44-,45+,47-,48+/m0/s1. The number of carbonyl (C=O) groups excluding carboxylic acids is 1. The van der Waals surface area contributed by atoms with Gasteiger partial charge in [-0.15, -0.1) is 0 Å². The molecular weight excluding hydrogens is 817 g/mol. The minimum Gasteiger partial charge on any atom is -0.462 e. The van der Waals surface area contributed by atoms with Gasteiger partial charge >= 0.3 is 5.97 Å². The van der Waals surface area contributed by atoms with Gasteiger partial charge in [-0.25, -0.2) is 0 Å². The molecule has 0 amide bonds. The molecule has 0 radical (unpaired) electrons. The van der Waals surface area contributed by atoms with Crippen LogP contribution < -0.4 is 0 Å². The molecule has 8 rings (SSSR count). The molecule has 63 heavy (non-hydrogen) atoms. The minimum absolute atomic E-state index is 0.0160. The molecule has 1 aliphatic carbocycles. The van der Waals surface area contributed by atoms with Gasteiger partial charge in [-0.2, -0.15) is 0 Å². The molecule has 0 aromatic heterocycles. The average molecular weight is 883 g/mol. The molecule has 15 nitrogen and oxygen atoms in total. The van der Waals surface area contributed by atoms with Crippen LogP contribution >= 0.6 is 0 Å². The van der Waals surface area contributed by atoms with Gasteiger partial charge in [0.2, 0.25) is 0 Å². The monoisotopic (exact) mass is 882 g/mol. The van der Waals surface area contributed by atoms with Crippen LogP contribution in [0.5, 0.6) is 0 Å². The van der Waals surface area contributed by atoms with Gasteiger partial charge < -0.3 is 67.4 Å². The molecule has 2 bridgehead atoms. The summed E-state index contributed by atoms with van der Waals surface area (Å²) in [5.41, 5.74) is 0.995. The van der Waals surface area contributed by atoms with Gasteiger partial charge in [-0.05, 0) is 56.4 Å². The SMILES string of the molecule is CO[C@H]1C[C@H](O[C@H]2[C@H](C)O[C@@H](O[C@@H]3/C(C)=C/C[C@@H]4C[C@@H](C[C@]5(COC[C@@H](c6ccccc6)O5)O4)OC(=O)[C@@H]4C=C(C)[C@@H](O)[C@H]5OC/C(=C\C=C\[C@@H]3C)[C@]54O)C[C@@H]2OC)O[C@@H](C)[C@@H]1O. The first-order chi connectivity index (χ1) is 30.2. The Morgan fingerprint density at radius 1 is 0.857 bits per heavy atom. The average Bonchev–Trinajstić information content (AvgIpc) is 3.61. The lowest BCUT2D eigenvalue weighted by atomic mass is 9.71. The molecule has 348 valence electrons. The van der Waals surface area contributed by atoms with Crippen molar-refractivity contribution in [2.75, 3.05) is 34.0 Å². The smallest absolute Gasteiger partial charge is 0.316 e. The Bertz CT molecular complexity index is 1870. The van der Waals surface area contributed by atoms with Gasteiger partial charge in [0.25, 0.3) is 0 Å². The van der Waals surface area contributed by atoms with Crippen molar-refractivity contribution in [1.82, 2.24) is 0 Å². The lowest BCUT2D eigenvalue weighted by Gasteiger charge is -2.48. The fourth-order valence-corrected chi connectivity index (χ4v) is 10.4. The van der Waals surface area contributed by atoms with Crippen molar-refractivity contribution in [3.05, 3.63) is 83.0 Å². The number of carbonyl (C=O) groups is 1. The third-order valence-corrected chi connectivity index (χ3v) is 14.0. The highest BCUT2D eigenvalue weighted by Crippen LogP contribution is 2.47. The van der Waals surface area contributed by atoms with Crippen LogP contribution in [-0.4, -0.2) is 146 Å². The molecule has 6 aliphatic heterocycles. The van der Waals surface area contributed by atoms with Crippen molar-refractivity contribution in [2.45, 2.75) is 164 Å². The molecule has 5 fully saturated rings. The Kier molecular flexibility index (Phi) is 14.5. The zero-order valence-corrected chi connectivity index (χ0v) is 37.4. The number of hydrogen-bond donors (Lipinski definition) is 3. The van der Waals surface area contributed by atoms with Gasteiger partial charge in [0.1, 0.15) is 54.7 Å². The van der Waals surface area contributed by atoms with Gasteiger partial charge in [0.05, 0.1) is 49.8 Å². The first-order valence-electron chi connectivity index (χ1n) is 22.5. The molecule has 15 heteroatoms. The largest absolute Gasteiger partial charge is 0.462 e. The summed E-state index contributed by atoms with van der Waals surface area (Å²) in [6, 6.07) is 9.83. The highest BCUT2D eigenvalue weighted by Gasteiger charge is 2.60. The van der Waals surface area contributed by atoms with Crippen LogP contribution in [0.15, 0.2) is 77.4 Å². The molecule has 7 aliphatic rings. The summed E-state index contributed by atoms with van der Waals surface area (Å²) in [5, 5.41) is 34.2. The van der Waals surface area contributed by atoms with E-state index < -0.39 is 109 Å². The first kappa shape index (κ1) is 46.7. The summed E-state index contributed by atoms with van der Waals surface area (Å²) in [7, 11) is 3.21. The number of hydrogen-bond acceptors (Lipinski definition) is 15. The third kappa shape index (κ3) is 9.69. The molecule has 6 heterocycles. The number of ether oxygens (including phenoxy) is 11. The third-order valence-electron chi connectivity index (χ3n) is 14.0. The van der Waals surface area contributed by atoms with Crippen LogP contribution in [-0.2, 0) is 56.9 Å². The zero-order chi connectivity index (χ0) is 44.6. The van der Waals surface area contributed by atoms with Crippen molar-refractivity contribution in [3.8, 4) is 0 Å². The normalized spacial score (nSPS) is 47.0. The summed E-state index contributed by atoms with van der Waals surface area (Å²) in [4.78, 5) is 14.3. The van der Waals surface area contributed by atoms with Crippen molar-refractivity contribution in [3.63, 3.8) is 0 Å². The Morgan fingerprint density at radius 2 is 1.59 bits per heavy atom. The lowest BCUT2D eigenvalue weighted by molar-refractivity contribution is -0.357. The molecule has 0 unspecified atom stereocenters. The van der Waals surface area contributed by atoms with Crippen molar-refractivity contribution < 1.29 is 72.2 Å². The fourth-order valence-electron chi connectivity index (χ4n) is 10.4. The summed E-state index contributed by atoms with van der Waals surface area (Å²) in [5.74, 6) is -3.18. The summed E-state index contributed by atoms with van der Waals surface area (Å²) in [6.07, 6.45) is 2.64. The van der Waals surface area contributed by atoms with E-state index in [0.29, 0.717) is 43.4 Å². The van der Waals surface area contributed by atoms with E-state index in [-0.39, 0.29) is 25.6 Å². The first-order valence-corrected chi connectivity index (χ1v) is 22.5. The van der Waals surface area contributed by atoms with E-state index in [1.54, 1.807) is 40.2 Å².